The monoisotopic (exact) mass is 220 g/mol. The van der Waals surface area contributed by atoms with Crippen molar-refractivity contribution < 1.29 is 4.48 Å². The number of rotatable bonds is 0. The Morgan fingerprint density at radius 1 is 1.19 bits per heavy atom. The maximum absolute atomic E-state index is 2.57. The largest absolute Gasteiger partial charge is 0.317 e. The number of likely N-dealkylation sites (N-methyl/N-ethyl adjacent to an activating group) is 1. The highest BCUT2D eigenvalue weighted by atomic mass is 15.4. The minimum absolute atomic E-state index is 0.507. The first-order valence-corrected chi connectivity index (χ1v) is 7.11. The lowest BCUT2D eigenvalue weighted by Crippen LogP contribution is -2.60. The molecule has 2 unspecified atom stereocenters. The lowest BCUT2D eigenvalue weighted by molar-refractivity contribution is -0.941. The first-order valence-electron chi connectivity index (χ1n) is 7.11. The van der Waals surface area contributed by atoms with Gasteiger partial charge in [0.25, 0.3) is 0 Å². The van der Waals surface area contributed by atoms with Gasteiger partial charge in [-0.2, -0.15) is 0 Å². The zero-order chi connectivity index (χ0) is 11.4. The van der Waals surface area contributed by atoms with Crippen molar-refractivity contribution in [2.24, 2.45) is 5.92 Å². The average Bonchev–Trinajstić information content (AvgIpc) is 2.49. The molecule has 0 radical (unpaired) electrons. The molecule has 1 saturated heterocycles. The molecule has 0 N–H and O–H groups in total. The normalized spacial score (nSPS) is 47.8. The summed E-state index contributed by atoms with van der Waals surface area (Å²) >= 11 is 0. The molecule has 0 saturated carbocycles. The summed E-state index contributed by atoms with van der Waals surface area (Å²) in [6.45, 7) is 7.83. The quantitative estimate of drug-likeness (QED) is 0.433. The van der Waals surface area contributed by atoms with Crippen LogP contribution in [0.15, 0.2) is 11.1 Å². The summed E-state index contributed by atoms with van der Waals surface area (Å²) in [5.74, 6) is 0.920. The Bertz CT molecular complexity index is 343. The van der Waals surface area contributed by atoms with E-state index in [1.54, 1.807) is 0 Å². The third-order valence-electron chi connectivity index (χ3n) is 5.79. The molecule has 16 heavy (non-hydrogen) atoms. The molecule has 1 aliphatic carbocycles. The van der Waals surface area contributed by atoms with Crippen molar-refractivity contribution in [1.29, 1.82) is 0 Å². The Kier molecular flexibility index (Phi) is 2.27. The number of nitrogens with zero attached hydrogens (tertiary/aromatic N) is 1. The molecule has 2 aliphatic heterocycles. The molecule has 0 amide bonds. The summed E-state index contributed by atoms with van der Waals surface area (Å²) in [6.07, 6.45) is 8.55. The smallest absolute Gasteiger partial charge is 0.118 e. The minimum atomic E-state index is 0.507. The van der Waals surface area contributed by atoms with Gasteiger partial charge in [0.05, 0.1) is 20.1 Å². The van der Waals surface area contributed by atoms with Gasteiger partial charge in [0.2, 0.25) is 0 Å². The average molecular weight is 220 g/mol. The lowest BCUT2D eigenvalue weighted by atomic mass is 9.73. The van der Waals surface area contributed by atoms with Crippen LogP contribution in [-0.4, -0.2) is 30.2 Å². The van der Waals surface area contributed by atoms with Crippen LogP contribution in [0.2, 0.25) is 0 Å². The number of quaternary nitrogens is 1. The van der Waals surface area contributed by atoms with Crippen molar-refractivity contribution >= 4 is 0 Å². The Morgan fingerprint density at radius 2 is 1.94 bits per heavy atom. The van der Waals surface area contributed by atoms with Crippen molar-refractivity contribution in [1.82, 2.24) is 0 Å². The van der Waals surface area contributed by atoms with Gasteiger partial charge in [0.1, 0.15) is 5.54 Å². The van der Waals surface area contributed by atoms with Gasteiger partial charge in [0, 0.05) is 18.8 Å². The van der Waals surface area contributed by atoms with E-state index >= 15 is 0 Å². The molecule has 0 spiro atoms. The van der Waals surface area contributed by atoms with Gasteiger partial charge < -0.3 is 4.48 Å². The second-order valence-electron chi connectivity index (χ2n) is 6.92. The summed E-state index contributed by atoms with van der Waals surface area (Å²) < 4.78 is 1.34. The van der Waals surface area contributed by atoms with E-state index in [2.05, 4.69) is 20.9 Å². The fourth-order valence-corrected chi connectivity index (χ4v) is 4.92. The fourth-order valence-electron chi connectivity index (χ4n) is 4.92. The maximum atomic E-state index is 2.57. The summed E-state index contributed by atoms with van der Waals surface area (Å²) in [5.41, 5.74) is 4.25. The summed E-state index contributed by atoms with van der Waals surface area (Å²) in [5, 5.41) is 0. The van der Waals surface area contributed by atoms with Gasteiger partial charge in [0.15, 0.2) is 0 Å². The highest BCUT2D eigenvalue weighted by Gasteiger charge is 2.56. The second kappa shape index (κ2) is 3.35. The molecule has 1 nitrogen and oxygen atoms in total. The van der Waals surface area contributed by atoms with Gasteiger partial charge in [-0.25, -0.2) is 0 Å². The van der Waals surface area contributed by atoms with Crippen LogP contribution in [0.3, 0.4) is 0 Å². The first-order chi connectivity index (χ1) is 7.55. The predicted molar refractivity (Wildman–Crippen MR) is 68.2 cm³/mol. The molecule has 0 bridgehead atoms. The summed E-state index contributed by atoms with van der Waals surface area (Å²) in [4.78, 5) is 0. The van der Waals surface area contributed by atoms with E-state index in [4.69, 9.17) is 0 Å². The third kappa shape index (κ3) is 1.27. The van der Waals surface area contributed by atoms with Gasteiger partial charge in [-0.1, -0.05) is 12.5 Å². The Balaban J connectivity index is 2.06. The van der Waals surface area contributed by atoms with Crippen LogP contribution in [0, 0.1) is 5.92 Å². The maximum Gasteiger partial charge on any atom is 0.118 e. The third-order valence-corrected chi connectivity index (χ3v) is 5.79. The van der Waals surface area contributed by atoms with E-state index in [0.29, 0.717) is 5.54 Å². The zero-order valence-corrected chi connectivity index (χ0v) is 11.2. The zero-order valence-electron chi connectivity index (χ0n) is 11.2. The second-order valence-corrected chi connectivity index (χ2v) is 6.92. The van der Waals surface area contributed by atoms with Crippen LogP contribution in [0.4, 0.5) is 0 Å². The van der Waals surface area contributed by atoms with E-state index < -0.39 is 0 Å². The van der Waals surface area contributed by atoms with Crippen molar-refractivity contribution in [2.75, 3.05) is 20.1 Å². The molecule has 0 aromatic carbocycles. The molecular weight excluding hydrogens is 194 g/mol. The van der Waals surface area contributed by atoms with Crippen molar-refractivity contribution in [2.45, 2.75) is 57.9 Å². The van der Waals surface area contributed by atoms with E-state index in [1.807, 2.05) is 11.1 Å². The molecule has 1 fully saturated rings. The van der Waals surface area contributed by atoms with E-state index in [9.17, 15) is 0 Å². The Morgan fingerprint density at radius 3 is 2.75 bits per heavy atom. The number of fused-ring (bicyclic) bond motifs is 2. The molecular formula is C15H26N+. The van der Waals surface area contributed by atoms with E-state index in [1.165, 1.54) is 56.1 Å². The van der Waals surface area contributed by atoms with E-state index in [-0.39, 0.29) is 0 Å². The number of hydrogen-bond acceptors (Lipinski definition) is 0. The van der Waals surface area contributed by atoms with Gasteiger partial charge >= 0.3 is 0 Å². The van der Waals surface area contributed by atoms with Crippen molar-refractivity contribution in [3.63, 3.8) is 0 Å². The Labute approximate surface area is 100 Å². The molecule has 0 aromatic heterocycles. The molecule has 1 heteroatoms. The van der Waals surface area contributed by atoms with Gasteiger partial charge in [-0.3, -0.25) is 0 Å². The first kappa shape index (κ1) is 10.8. The molecule has 3 aliphatic rings. The summed E-state index contributed by atoms with van der Waals surface area (Å²) in [7, 11) is 2.52. The number of hydrogen-bond donors (Lipinski definition) is 0. The van der Waals surface area contributed by atoms with Gasteiger partial charge in [-0.15, -0.1) is 0 Å². The van der Waals surface area contributed by atoms with Crippen LogP contribution in [0.25, 0.3) is 0 Å². The van der Waals surface area contributed by atoms with Crippen LogP contribution >= 0.6 is 0 Å². The van der Waals surface area contributed by atoms with Crippen LogP contribution < -0.4 is 0 Å². The van der Waals surface area contributed by atoms with Crippen molar-refractivity contribution in [3.8, 4) is 0 Å². The molecule has 3 atom stereocenters. The van der Waals surface area contributed by atoms with Crippen LogP contribution in [0.5, 0.6) is 0 Å². The van der Waals surface area contributed by atoms with Crippen LogP contribution in [0.1, 0.15) is 52.4 Å². The molecule has 3 rings (SSSR count). The predicted octanol–water partition coefficient (Wildman–Crippen LogP) is 3.51. The fraction of sp³-hybridized carbons (Fsp3) is 0.867. The minimum Gasteiger partial charge on any atom is -0.317 e. The van der Waals surface area contributed by atoms with Crippen molar-refractivity contribution in [3.05, 3.63) is 11.1 Å². The standard InChI is InChI=1S/C15H26N/c1-12-10-15(2)14-7-5-4-6-13(14)8-9-16(15,3)11-12/h12H,4-11H2,1-3H3/q+1/t12?,15-,16?/m1/s1. The molecule has 90 valence electrons. The van der Waals surface area contributed by atoms with Crippen LogP contribution in [-0.2, 0) is 0 Å². The SMILES string of the molecule is CC1C[C@]2(C)C3=C(CCCC3)CC[N+]2(C)C1. The lowest BCUT2D eigenvalue weighted by Gasteiger charge is -2.51. The topological polar surface area (TPSA) is 0 Å². The highest BCUT2D eigenvalue weighted by molar-refractivity contribution is 5.29. The molecule has 2 heterocycles. The van der Waals surface area contributed by atoms with E-state index in [0.717, 1.165) is 5.92 Å². The van der Waals surface area contributed by atoms with Gasteiger partial charge in [-0.05, 0) is 38.2 Å². The summed E-state index contributed by atoms with van der Waals surface area (Å²) in [6, 6.07) is 0. The Hall–Kier alpha value is -0.300. The molecule has 0 aromatic rings. The highest BCUT2D eigenvalue weighted by Crippen LogP contribution is 2.51.